The fraction of sp³-hybridized carbons (Fsp3) is 0.294. The summed E-state index contributed by atoms with van der Waals surface area (Å²) in [5, 5.41) is 2.52. The van der Waals surface area contributed by atoms with Crippen molar-refractivity contribution < 1.29 is 27.5 Å². The molecule has 1 aromatic heterocycles. The number of ether oxygens (including phenoxy) is 1. The molecule has 1 amide bonds. The number of hydrogen-bond acceptors (Lipinski definition) is 5. The molecule has 0 fully saturated rings. The molecule has 1 aliphatic rings. The fourth-order valence-corrected chi connectivity index (χ4v) is 2.48. The molecule has 0 aliphatic heterocycles. The SMILES string of the molecule is CC(C)(C)OC(=O)Nc1ccc2c(c1)-c1cnc(C(F)(F)F)nc1C2=O. The van der Waals surface area contributed by atoms with Crippen molar-refractivity contribution in [3.8, 4) is 11.1 Å². The molecule has 0 saturated carbocycles. The second kappa shape index (κ2) is 5.79. The number of benzene rings is 1. The van der Waals surface area contributed by atoms with Crippen LogP contribution in [0.5, 0.6) is 0 Å². The average Bonchev–Trinajstić information content (AvgIpc) is 2.77. The maximum absolute atomic E-state index is 12.8. The lowest BCUT2D eigenvalue weighted by Crippen LogP contribution is -2.27. The van der Waals surface area contributed by atoms with Gasteiger partial charge in [-0.3, -0.25) is 10.1 Å². The number of ketones is 1. The second-order valence-electron chi connectivity index (χ2n) is 6.67. The predicted molar refractivity (Wildman–Crippen MR) is 85.8 cm³/mol. The molecule has 136 valence electrons. The predicted octanol–water partition coefficient (Wildman–Crippen LogP) is 4.05. The van der Waals surface area contributed by atoms with E-state index in [4.69, 9.17) is 4.74 Å². The zero-order valence-corrected chi connectivity index (χ0v) is 14.1. The van der Waals surface area contributed by atoms with Gasteiger partial charge in [-0.15, -0.1) is 0 Å². The molecule has 6 nitrogen and oxygen atoms in total. The van der Waals surface area contributed by atoms with Crippen LogP contribution in [-0.2, 0) is 10.9 Å². The number of halogens is 3. The van der Waals surface area contributed by atoms with E-state index in [1.807, 2.05) is 0 Å². The molecule has 0 radical (unpaired) electrons. The van der Waals surface area contributed by atoms with Crippen molar-refractivity contribution in [1.82, 2.24) is 9.97 Å². The molecule has 1 aromatic carbocycles. The molecular formula is C17H14F3N3O3. The summed E-state index contributed by atoms with van der Waals surface area (Å²) in [7, 11) is 0. The highest BCUT2D eigenvalue weighted by molar-refractivity contribution is 6.20. The van der Waals surface area contributed by atoms with Gasteiger partial charge < -0.3 is 4.74 Å². The lowest BCUT2D eigenvalue weighted by atomic mass is 10.1. The van der Waals surface area contributed by atoms with E-state index < -0.39 is 29.5 Å². The molecule has 0 bridgehead atoms. The minimum Gasteiger partial charge on any atom is -0.444 e. The Morgan fingerprint density at radius 3 is 2.42 bits per heavy atom. The Bertz CT molecular complexity index is 918. The lowest BCUT2D eigenvalue weighted by molar-refractivity contribution is -0.145. The summed E-state index contributed by atoms with van der Waals surface area (Å²) in [6.45, 7) is 5.12. The van der Waals surface area contributed by atoms with E-state index in [0.717, 1.165) is 6.20 Å². The first-order valence-corrected chi connectivity index (χ1v) is 7.59. The molecule has 1 N–H and O–H groups in total. The van der Waals surface area contributed by atoms with Crippen molar-refractivity contribution in [1.29, 1.82) is 0 Å². The number of carbonyl (C=O) groups excluding carboxylic acids is 2. The molecule has 0 unspecified atom stereocenters. The van der Waals surface area contributed by atoms with Crippen LogP contribution in [0.4, 0.5) is 23.7 Å². The van der Waals surface area contributed by atoms with Crippen LogP contribution in [0.15, 0.2) is 24.4 Å². The van der Waals surface area contributed by atoms with Gasteiger partial charge in [-0.2, -0.15) is 13.2 Å². The van der Waals surface area contributed by atoms with E-state index >= 15 is 0 Å². The number of anilines is 1. The number of nitrogens with one attached hydrogen (secondary N) is 1. The monoisotopic (exact) mass is 365 g/mol. The van der Waals surface area contributed by atoms with Crippen molar-refractivity contribution >= 4 is 17.6 Å². The smallest absolute Gasteiger partial charge is 0.444 e. The second-order valence-corrected chi connectivity index (χ2v) is 6.67. The number of carbonyl (C=O) groups is 2. The Morgan fingerprint density at radius 1 is 1.12 bits per heavy atom. The average molecular weight is 365 g/mol. The molecule has 2 aromatic rings. The highest BCUT2D eigenvalue weighted by Gasteiger charge is 2.38. The van der Waals surface area contributed by atoms with Gasteiger partial charge in [-0.05, 0) is 44.5 Å². The van der Waals surface area contributed by atoms with E-state index in [1.54, 1.807) is 20.8 Å². The summed E-state index contributed by atoms with van der Waals surface area (Å²) >= 11 is 0. The molecule has 26 heavy (non-hydrogen) atoms. The van der Waals surface area contributed by atoms with Gasteiger partial charge in [0.05, 0.1) is 0 Å². The van der Waals surface area contributed by atoms with Gasteiger partial charge in [0.2, 0.25) is 11.6 Å². The Kier molecular flexibility index (Phi) is 3.97. The van der Waals surface area contributed by atoms with Crippen molar-refractivity contribution in [2.75, 3.05) is 5.32 Å². The summed E-state index contributed by atoms with van der Waals surface area (Å²) in [4.78, 5) is 30.8. The van der Waals surface area contributed by atoms with Gasteiger partial charge >= 0.3 is 12.3 Å². The van der Waals surface area contributed by atoms with Crippen LogP contribution >= 0.6 is 0 Å². The van der Waals surface area contributed by atoms with Gasteiger partial charge in [0.25, 0.3) is 0 Å². The zero-order chi connectivity index (χ0) is 19.3. The number of hydrogen-bond donors (Lipinski definition) is 1. The van der Waals surface area contributed by atoms with E-state index in [9.17, 15) is 22.8 Å². The Hall–Kier alpha value is -2.97. The first kappa shape index (κ1) is 17.8. The van der Waals surface area contributed by atoms with Gasteiger partial charge in [0.15, 0.2) is 0 Å². The highest BCUT2D eigenvalue weighted by Crippen LogP contribution is 2.38. The first-order chi connectivity index (χ1) is 12.0. The molecule has 3 rings (SSSR count). The van der Waals surface area contributed by atoms with Crippen LogP contribution in [0.25, 0.3) is 11.1 Å². The van der Waals surface area contributed by atoms with Gasteiger partial charge in [-0.1, -0.05) is 0 Å². The third kappa shape index (κ3) is 3.37. The van der Waals surface area contributed by atoms with E-state index in [0.29, 0.717) is 11.3 Å². The lowest BCUT2D eigenvalue weighted by Gasteiger charge is -2.19. The Labute approximate surface area is 146 Å². The highest BCUT2D eigenvalue weighted by atomic mass is 19.4. The third-order valence-electron chi connectivity index (χ3n) is 3.46. The van der Waals surface area contributed by atoms with E-state index in [1.165, 1.54) is 18.2 Å². The van der Waals surface area contributed by atoms with E-state index in [-0.39, 0.29) is 16.8 Å². The number of rotatable bonds is 1. The minimum atomic E-state index is -4.74. The summed E-state index contributed by atoms with van der Waals surface area (Å²) in [5.41, 5.74) is 0.0716. The van der Waals surface area contributed by atoms with Crippen LogP contribution in [-0.4, -0.2) is 27.4 Å². The summed E-state index contributed by atoms with van der Waals surface area (Å²) in [5.74, 6) is -1.99. The molecule has 0 saturated heterocycles. The minimum absolute atomic E-state index is 0.186. The largest absolute Gasteiger partial charge is 0.451 e. The molecule has 9 heteroatoms. The number of aromatic nitrogens is 2. The summed E-state index contributed by atoms with van der Waals surface area (Å²) < 4.78 is 43.4. The number of amides is 1. The Balaban J connectivity index is 1.94. The topological polar surface area (TPSA) is 81.2 Å². The van der Waals surface area contributed by atoms with Crippen molar-refractivity contribution in [2.45, 2.75) is 32.5 Å². The Morgan fingerprint density at radius 2 is 1.81 bits per heavy atom. The third-order valence-corrected chi connectivity index (χ3v) is 3.46. The van der Waals surface area contributed by atoms with Gasteiger partial charge in [0.1, 0.15) is 11.3 Å². The molecule has 0 spiro atoms. The van der Waals surface area contributed by atoms with Crippen molar-refractivity contribution in [3.05, 3.63) is 41.5 Å². The normalized spacial score (nSPS) is 13.2. The van der Waals surface area contributed by atoms with Crippen molar-refractivity contribution in [3.63, 3.8) is 0 Å². The maximum atomic E-state index is 12.8. The van der Waals surface area contributed by atoms with Gasteiger partial charge in [0, 0.05) is 23.0 Å². The first-order valence-electron chi connectivity index (χ1n) is 7.59. The number of alkyl halides is 3. The number of fused-ring (bicyclic) bond motifs is 3. The maximum Gasteiger partial charge on any atom is 0.451 e. The molecule has 0 atom stereocenters. The molecule has 1 heterocycles. The summed E-state index contributed by atoms with van der Waals surface area (Å²) in [6, 6.07) is 4.35. The number of nitrogens with zero attached hydrogens (tertiary/aromatic N) is 2. The zero-order valence-electron chi connectivity index (χ0n) is 14.1. The molecule has 1 aliphatic carbocycles. The quantitative estimate of drug-likeness (QED) is 0.703. The van der Waals surface area contributed by atoms with Gasteiger partial charge in [-0.25, -0.2) is 14.8 Å². The van der Waals surface area contributed by atoms with E-state index in [2.05, 4.69) is 15.3 Å². The standard InChI is InChI=1S/C17H14F3N3O3/c1-16(2,3)26-15(25)22-8-4-5-9-10(6-8)11-7-21-14(17(18,19)20)23-12(11)13(9)24/h4-7H,1-3H3,(H,22,25). The van der Waals surface area contributed by atoms with Crippen LogP contribution in [0.2, 0.25) is 0 Å². The van der Waals surface area contributed by atoms with Crippen LogP contribution < -0.4 is 5.32 Å². The van der Waals surface area contributed by atoms with Crippen LogP contribution in [0, 0.1) is 0 Å². The molecular weight excluding hydrogens is 351 g/mol. The van der Waals surface area contributed by atoms with Crippen molar-refractivity contribution in [2.24, 2.45) is 0 Å². The summed E-state index contributed by atoms with van der Waals surface area (Å²) in [6.07, 6.45) is -4.47. The van der Waals surface area contributed by atoms with Crippen LogP contribution in [0.3, 0.4) is 0 Å². The fourth-order valence-electron chi connectivity index (χ4n) is 2.48. The van der Waals surface area contributed by atoms with Crippen LogP contribution in [0.1, 0.15) is 42.6 Å².